The van der Waals surface area contributed by atoms with Crippen LogP contribution in [0.2, 0.25) is 0 Å². The van der Waals surface area contributed by atoms with Gasteiger partial charge in [-0.1, -0.05) is 6.07 Å². The molecule has 0 saturated carbocycles. The third-order valence-corrected chi connectivity index (χ3v) is 4.75. The van der Waals surface area contributed by atoms with Gasteiger partial charge in [-0.2, -0.15) is 0 Å². The minimum absolute atomic E-state index is 0.354. The van der Waals surface area contributed by atoms with E-state index in [0.29, 0.717) is 37.4 Å². The Morgan fingerprint density at radius 2 is 1.80 bits per heavy atom. The lowest BCUT2D eigenvalue weighted by molar-refractivity contribution is -0.158. The van der Waals surface area contributed by atoms with Gasteiger partial charge in [0.15, 0.2) is 6.10 Å². The number of hydrogen-bond donors (Lipinski definition) is 1. The molecule has 0 radical (unpaired) electrons. The molecule has 2 rings (SSSR count). The fraction of sp³-hybridized carbons (Fsp3) is 0.591. The molecule has 166 valence electrons. The molecule has 1 fully saturated rings. The number of ether oxygens (including phenoxy) is 3. The molecule has 2 amide bonds. The van der Waals surface area contributed by atoms with E-state index in [1.54, 1.807) is 17.0 Å². The van der Waals surface area contributed by atoms with Crippen molar-refractivity contribution in [1.82, 2.24) is 4.90 Å². The predicted molar refractivity (Wildman–Crippen MR) is 112 cm³/mol. The van der Waals surface area contributed by atoms with Gasteiger partial charge in [0.05, 0.1) is 18.7 Å². The molecule has 1 aromatic carbocycles. The molecule has 0 aromatic heterocycles. The number of nitrogens with one attached hydrogen (secondary N) is 1. The average Bonchev–Trinajstić information content (AvgIpc) is 2.66. The van der Waals surface area contributed by atoms with Gasteiger partial charge in [-0.15, -0.1) is 0 Å². The highest BCUT2D eigenvalue weighted by Gasteiger charge is 2.32. The van der Waals surface area contributed by atoms with E-state index in [1.165, 1.54) is 14.0 Å². The van der Waals surface area contributed by atoms with Crippen molar-refractivity contribution in [2.24, 2.45) is 5.92 Å². The number of anilines is 1. The maximum Gasteiger partial charge on any atom is 0.410 e. The zero-order chi connectivity index (χ0) is 22.5. The third kappa shape index (κ3) is 6.64. The van der Waals surface area contributed by atoms with Crippen LogP contribution in [-0.2, 0) is 19.1 Å². The van der Waals surface area contributed by atoms with Crippen LogP contribution >= 0.6 is 0 Å². The van der Waals surface area contributed by atoms with Crippen LogP contribution in [0.4, 0.5) is 10.5 Å². The molecular formula is C22H32N2O6. The summed E-state index contributed by atoms with van der Waals surface area (Å²) in [5, 5.41) is 2.74. The number of nitrogens with zero attached hydrogens (tertiary/aromatic N) is 1. The first kappa shape index (κ1) is 23.5. The van der Waals surface area contributed by atoms with Gasteiger partial charge in [0.2, 0.25) is 0 Å². The number of rotatable bonds is 5. The molecule has 1 saturated heterocycles. The zero-order valence-electron chi connectivity index (χ0n) is 18.6. The first-order valence-corrected chi connectivity index (χ1v) is 10.1. The summed E-state index contributed by atoms with van der Waals surface area (Å²) in [5.74, 6) is -0.689. The smallest absolute Gasteiger partial charge is 0.410 e. The molecule has 1 heterocycles. The third-order valence-electron chi connectivity index (χ3n) is 4.75. The summed E-state index contributed by atoms with van der Waals surface area (Å²) >= 11 is 0. The Balaban J connectivity index is 1.85. The monoisotopic (exact) mass is 420 g/mol. The van der Waals surface area contributed by atoms with Crippen LogP contribution in [0, 0.1) is 12.8 Å². The molecule has 1 N–H and O–H groups in total. The average molecular weight is 421 g/mol. The highest BCUT2D eigenvalue weighted by Crippen LogP contribution is 2.26. The van der Waals surface area contributed by atoms with Gasteiger partial charge >= 0.3 is 12.1 Å². The molecule has 0 spiro atoms. The first-order valence-electron chi connectivity index (χ1n) is 10.1. The SMILES string of the molecule is COc1ccc(C)cc1NC(=O)[C@@H](C)OC(=O)C1CCN(C(=O)OC(C)(C)C)CC1. The molecule has 30 heavy (non-hydrogen) atoms. The second-order valence-electron chi connectivity index (χ2n) is 8.51. The van der Waals surface area contributed by atoms with E-state index in [9.17, 15) is 14.4 Å². The Kier molecular flexibility index (Phi) is 7.70. The number of hydrogen-bond acceptors (Lipinski definition) is 6. The fourth-order valence-electron chi connectivity index (χ4n) is 3.10. The van der Waals surface area contributed by atoms with Crippen molar-refractivity contribution in [2.75, 3.05) is 25.5 Å². The number of piperidine rings is 1. The maximum absolute atomic E-state index is 12.5. The van der Waals surface area contributed by atoms with Gasteiger partial charge in [-0.3, -0.25) is 9.59 Å². The van der Waals surface area contributed by atoms with E-state index < -0.39 is 23.6 Å². The molecule has 1 aromatic rings. The Hall–Kier alpha value is -2.77. The number of esters is 1. The van der Waals surface area contributed by atoms with Crippen molar-refractivity contribution < 1.29 is 28.6 Å². The summed E-state index contributed by atoms with van der Waals surface area (Å²) in [6.45, 7) is 9.70. The van der Waals surface area contributed by atoms with Crippen LogP contribution in [0.25, 0.3) is 0 Å². The molecule has 8 heteroatoms. The number of likely N-dealkylation sites (tertiary alicyclic amines) is 1. The van der Waals surface area contributed by atoms with Gasteiger partial charge in [-0.05, 0) is 65.2 Å². The van der Waals surface area contributed by atoms with Crippen LogP contribution in [0.3, 0.4) is 0 Å². The maximum atomic E-state index is 12.5. The summed E-state index contributed by atoms with van der Waals surface area (Å²) in [6, 6.07) is 5.43. The first-order chi connectivity index (χ1) is 14.0. The van der Waals surface area contributed by atoms with Gasteiger partial charge in [0.25, 0.3) is 5.91 Å². The number of amides is 2. The molecular weight excluding hydrogens is 388 g/mol. The van der Waals surface area contributed by atoms with Crippen molar-refractivity contribution in [3.63, 3.8) is 0 Å². The lowest BCUT2D eigenvalue weighted by Gasteiger charge is -2.32. The lowest BCUT2D eigenvalue weighted by Crippen LogP contribution is -2.43. The normalized spacial score (nSPS) is 15.9. The van der Waals surface area contributed by atoms with Gasteiger partial charge in [0.1, 0.15) is 11.4 Å². The molecule has 1 aliphatic rings. The lowest BCUT2D eigenvalue weighted by atomic mass is 9.97. The molecule has 8 nitrogen and oxygen atoms in total. The van der Waals surface area contributed by atoms with E-state index in [1.807, 2.05) is 33.8 Å². The zero-order valence-corrected chi connectivity index (χ0v) is 18.6. The number of aryl methyl sites for hydroxylation is 1. The summed E-state index contributed by atoms with van der Waals surface area (Å²) in [5.41, 5.74) is 0.930. The van der Waals surface area contributed by atoms with Gasteiger partial charge in [0, 0.05) is 13.1 Å². The number of carbonyl (C=O) groups is 3. The van der Waals surface area contributed by atoms with E-state index in [-0.39, 0.29) is 12.0 Å². The number of methoxy groups -OCH3 is 1. The largest absolute Gasteiger partial charge is 0.495 e. The van der Waals surface area contributed by atoms with Crippen molar-refractivity contribution in [1.29, 1.82) is 0 Å². The van der Waals surface area contributed by atoms with E-state index in [0.717, 1.165) is 5.56 Å². The second kappa shape index (κ2) is 9.82. The van der Waals surface area contributed by atoms with Crippen molar-refractivity contribution in [3.8, 4) is 5.75 Å². The minimum Gasteiger partial charge on any atom is -0.495 e. The minimum atomic E-state index is -0.952. The van der Waals surface area contributed by atoms with Gasteiger partial charge in [-0.25, -0.2) is 4.79 Å². The number of benzene rings is 1. The van der Waals surface area contributed by atoms with Crippen LogP contribution in [0.15, 0.2) is 18.2 Å². The van der Waals surface area contributed by atoms with Crippen LogP contribution in [0.1, 0.15) is 46.1 Å². The van der Waals surface area contributed by atoms with E-state index in [2.05, 4.69) is 5.32 Å². The van der Waals surface area contributed by atoms with E-state index >= 15 is 0 Å². The molecule has 1 aliphatic heterocycles. The summed E-state index contributed by atoms with van der Waals surface area (Å²) in [7, 11) is 1.52. The predicted octanol–water partition coefficient (Wildman–Crippen LogP) is 3.52. The summed E-state index contributed by atoms with van der Waals surface area (Å²) in [4.78, 5) is 38.7. The standard InChI is InChI=1S/C22H32N2O6/c1-14-7-8-18(28-6)17(13-14)23-19(25)15(2)29-20(26)16-9-11-24(12-10-16)21(27)30-22(3,4)5/h7-8,13,15-16H,9-12H2,1-6H3,(H,23,25)/t15-/m1/s1. The highest BCUT2D eigenvalue weighted by atomic mass is 16.6. The summed E-state index contributed by atoms with van der Waals surface area (Å²) in [6.07, 6.45) is -0.392. The van der Waals surface area contributed by atoms with Crippen molar-refractivity contribution in [3.05, 3.63) is 23.8 Å². The second-order valence-corrected chi connectivity index (χ2v) is 8.51. The van der Waals surface area contributed by atoms with Crippen LogP contribution < -0.4 is 10.1 Å². The molecule has 1 atom stereocenters. The molecule has 0 unspecified atom stereocenters. The highest BCUT2D eigenvalue weighted by molar-refractivity contribution is 5.96. The van der Waals surface area contributed by atoms with Crippen LogP contribution in [0.5, 0.6) is 5.75 Å². The fourth-order valence-corrected chi connectivity index (χ4v) is 3.10. The Labute approximate surface area is 177 Å². The van der Waals surface area contributed by atoms with Crippen molar-refractivity contribution >= 4 is 23.7 Å². The summed E-state index contributed by atoms with van der Waals surface area (Å²) < 4.78 is 16.0. The topological polar surface area (TPSA) is 94.2 Å². The van der Waals surface area contributed by atoms with Crippen molar-refractivity contribution in [2.45, 2.75) is 59.2 Å². The molecule has 0 aliphatic carbocycles. The molecule has 0 bridgehead atoms. The van der Waals surface area contributed by atoms with Crippen LogP contribution in [-0.4, -0.2) is 54.8 Å². The Bertz CT molecular complexity index is 778. The Morgan fingerprint density at radius 3 is 2.37 bits per heavy atom. The van der Waals surface area contributed by atoms with E-state index in [4.69, 9.17) is 14.2 Å². The Morgan fingerprint density at radius 1 is 1.17 bits per heavy atom. The number of carbonyl (C=O) groups excluding carboxylic acids is 3. The van der Waals surface area contributed by atoms with Gasteiger partial charge < -0.3 is 24.4 Å². The quantitative estimate of drug-likeness (QED) is 0.733.